The molecule has 2 aliphatic rings. The molecular weight excluding hydrogens is 340 g/mol. The molecule has 2 bridgehead atoms. The summed E-state index contributed by atoms with van der Waals surface area (Å²) in [5, 5.41) is 13.2. The van der Waals surface area contributed by atoms with Gasteiger partial charge < -0.3 is 5.32 Å². The number of fused-ring (bicyclic) bond motifs is 3. The van der Waals surface area contributed by atoms with Gasteiger partial charge in [-0.2, -0.15) is 0 Å². The number of aromatic nitrogens is 4. The van der Waals surface area contributed by atoms with Crippen molar-refractivity contribution in [2.75, 3.05) is 11.9 Å². The summed E-state index contributed by atoms with van der Waals surface area (Å²) in [6.45, 7) is 0.467. The number of hydrogen-bond donors (Lipinski definition) is 1. The summed E-state index contributed by atoms with van der Waals surface area (Å²) < 4.78 is 1.68. The zero-order valence-corrected chi connectivity index (χ0v) is 15.3. The lowest BCUT2D eigenvalue weighted by molar-refractivity contribution is -0.117. The van der Waals surface area contributed by atoms with Gasteiger partial charge in [0.05, 0.1) is 12.7 Å². The molecule has 1 amide bonds. The van der Waals surface area contributed by atoms with Crippen LogP contribution in [0.4, 0.5) is 5.82 Å². The minimum atomic E-state index is 0.0192. The number of aryl methyl sites for hydroxylation is 1. The van der Waals surface area contributed by atoms with Crippen LogP contribution in [0.5, 0.6) is 0 Å². The summed E-state index contributed by atoms with van der Waals surface area (Å²) in [6, 6.07) is 9.19. The highest BCUT2D eigenvalue weighted by atomic mass is 16.2. The third-order valence-corrected chi connectivity index (χ3v) is 5.82. The van der Waals surface area contributed by atoms with Crippen LogP contribution < -0.4 is 5.32 Å². The highest BCUT2D eigenvalue weighted by Gasteiger charge is 2.39. The number of hydrogen-bond acceptors (Lipinski definition) is 5. The standard InChI is InChI=1S/C20H22N6O/c1-25-11-18(23-24-25)13-2-3-14-10-21-19(9-15(14)8-13)22-20(27)12-26-16-4-5-17(26)7-6-16/h2-3,8-11,16-17H,4-7,12H2,1H3,(H,21,22,27). The van der Waals surface area contributed by atoms with E-state index in [0.29, 0.717) is 24.4 Å². The van der Waals surface area contributed by atoms with Crippen molar-refractivity contribution in [1.29, 1.82) is 0 Å². The van der Waals surface area contributed by atoms with E-state index in [4.69, 9.17) is 0 Å². The second-order valence-corrected chi connectivity index (χ2v) is 7.59. The zero-order chi connectivity index (χ0) is 18.4. The number of anilines is 1. The first-order valence-corrected chi connectivity index (χ1v) is 9.48. The Kier molecular flexibility index (Phi) is 3.89. The third kappa shape index (κ3) is 3.08. The van der Waals surface area contributed by atoms with Crippen molar-refractivity contribution in [3.8, 4) is 11.3 Å². The van der Waals surface area contributed by atoms with Crippen molar-refractivity contribution in [3.05, 3.63) is 36.7 Å². The van der Waals surface area contributed by atoms with Crippen LogP contribution in [0.2, 0.25) is 0 Å². The number of nitrogens with zero attached hydrogens (tertiary/aromatic N) is 5. The van der Waals surface area contributed by atoms with Gasteiger partial charge in [-0.3, -0.25) is 14.4 Å². The zero-order valence-electron chi connectivity index (χ0n) is 15.3. The van der Waals surface area contributed by atoms with E-state index < -0.39 is 0 Å². The van der Waals surface area contributed by atoms with Crippen molar-refractivity contribution in [2.45, 2.75) is 37.8 Å². The fraction of sp³-hybridized carbons (Fsp3) is 0.400. The molecule has 7 heteroatoms. The fourth-order valence-electron chi connectivity index (χ4n) is 4.47. The summed E-state index contributed by atoms with van der Waals surface area (Å²) in [5.41, 5.74) is 1.82. The number of amides is 1. The van der Waals surface area contributed by atoms with Crippen LogP contribution in [0.25, 0.3) is 22.0 Å². The van der Waals surface area contributed by atoms with Crippen LogP contribution in [-0.4, -0.2) is 49.4 Å². The number of benzene rings is 1. The van der Waals surface area contributed by atoms with Crippen LogP contribution >= 0.6 is 0 Å². The highest BCUT2D eigenvalue weighted by Crippen LogP contribution is 2.36. The van der Waals surface area contributed by atoms with Gasteiger partial charge in [0.1, 0.15) is 11.5 Å². The van der Waals surface area contributed by atoms with Gasteiger partial charge in [-0.1, -0.05) is 17.3 Å². The minimum absolute atomic E-state index is 0.0192. The van der Waals surface area contributed by atoms with Crippen LogP contribution in [0, 0.1) is 0 Å². The van der Waals surface area contributed by atoms with Gasteiger partial charge >= 0.3 is 0 Å². The molecule has 0 atom stereocenters. The number of carbonyl (C=O) groups excluding carboxylic acids is 1. The Labute approximate surface area is 157 Å². The molecule has 0 aliphatic carbocycles. The molecule has 2 aliphatic heterocycles. The smallest absolute Gasteiger partial charge is 0.239 e. The second-order valence-electron chi connectivity index (χ2n) is 7.59. The van der Waals surface area contributed by atoms with E-state index in [0.717, 1.165) is 22.0 Å². The molecule has 2 aromatic heterocycles. The van der Waals surface area contributed by atoms with Crippen molar-refractivity contribution in [2.24, 2.45) is 7.05 Å². The van der Waals surface area contributed by atoms with E-state index in [9.17, 15) is 4.79 Å². The Morgan fingerprint density at radius 3 is 2.63 bits per heavy atom. The molecule has 1 aromatic carbocycles. The summed E-state index contributed by atoms with van der Waals surface area (Å²) in [4.78, 5) is 19.3. The molecule has 3 aromatic rings. The average molecular weight is 362 g/mol. The number of carbonyl (C=O) groups is 1. The average Bonchev–Trinajstić information content (AvgIpc) is 3.37. The first-order chi connectivity index (χ1) is 13.2. The lowest BCUT2D eigenvalue weighted by Crippen LogP contribution is -2.36. The van der Waals surface area contributed by atoms with Gasteiger partial charge in [-0.15, -0.1) is 5.10 Å². The predicted molar refractivity (Wildman–Crippen MR) is 103 cm³/mol. The number of nitrogens with one attached hydrogen (secondary N) is 1. The fourth-order valence-corrected chi connectivity index (χ4v) is 4.47. The molecule has 0 unspecified atom stereocenters. The molecule has 2 fully saturated rings. The monoisotopic (exact) mass is 362 g/mol. The van der Waals surface area contributed by atoms with Gasteiger partial charge in [0.2, 0.25) is 5.91 Å². The highest BCUT2D eigenvalue weighted by molar-refractivity contribution is 5.94. The second kappa shape index (κ2) is 6.42. The molecule has 4 heterocycles. The van der Waals surface area contributed by atoms with Gasteiger partial charge in [-0.05, 0) is 43.2 Å². The van der Waals surface area contributed by atoms with Crippen LogP contribution in [-0.2, 0) is 11.8 Å². The summed E-state index contributed by atoms with van der Waals surface area (Å²) in [5.74, 6) is 0.612. The van der Waals surface area contributed by atoms with E-state index in [1.807, 2.05) is 31.4 Å². The summed E-state index contributed by atoms with van der Waals surface area (Å²) >= 11 is 0. The lowest BCUT2D eigenvalue weighted by Gasteiger charge is -2.20. The van der Waals surface area contributed by atoms with Crippen molar-refractivity contribution >= 4 is 22.5 Å². The maximum absolute atomic E-state index is 12.5. The molecular formula is C20H22N6O. The van der Waals surface area contributed by atoms with E-state index in [1.165, 1.54) is 25.7 Å². The normalized spacial score (nSPS) is 21.8. The Hall–Kier alpha value is -2.80. The predicted octanol–water partition coefficient (Wildman–Crippen LogP) is 2.60. The molecule has 5 rings (SSSR count). The van der Waals surface area contributed by atoms with Gasteiger partial charge in [0.25, 0.3) is 0 Å². The SMILES string of the molecule is Cn1cc(-c2ccc3cnc(NC(=O)CN4C5CCC4CC5)cc3c2)nn1. The Bertz CT molecular complexity index is 993. The van der Waals surface area contributed by atoms with E-state index in [-0.39, 0.29) is 5.91 Å². The van der Waals surface area contributed by atoms with Crippen LogP contribution in [0.3, 0.4) is 0 Å². The van der Waals surface area contributed by atoms with E-state index in [2.05, 4.69) is 31.6 Å². The van der Waals surface area contributed by atoms with Crippen LogP contribution in [0.15, 0.2) is 36.7 Å². The molecule has 138 valence electrons. The molecule has 7 nitrogen and oxygen atoms in total. The topological polar surface area (TPSA) is 75.9 Å². The molecule has 2 saturated heterocycles. The Morgan fingerprint density at radius 2 is 1.93 bits per heavy atom. The van der Waals surface area contributed by atoms with E-state index >= 15 is 0 Å². The number of rotatable bonds is 4. The molecule has 0 saturated carbocycles. The van der Waals surface area contributed by atoms with Gasteiger partial charge in [0, 0.05) is 36.3 Å². The lowest BCUT2D eigenvalue weighted by atomic mass is 10.0. The third-order valence-electron chi connectivity index (χ3n) is 5.82. The largest absolute Gasteiger partial charge is 0.310 e. The molecule has 0 spiro atoms. The van der Waals surface area contributed by atoms with Crippen molar-refractivity contribution in [1.82, 2.24) is 24.9 Å². The maximum Gasteiger partial charge on any atom is 0.239 e. The quantitative estimate of drug-likeness (QED) is 0.772. The van der Waals surface area contributed by atoms with Gasteiger partial charge in [0.15, 0.2) is 0 Å². The van der Waals surface area contributed by atoms with Crippen molar-refractivity contribution < 1.29 is 4.79 Å². The van der Waals surface area contributed by atoms with Gasteiger partial charge in [-0.25, -0.2) is 4.98 Å². The first-order valence-electron chi connectivity index (χ1n) is 9.48. The molecule has 1 N–H and O–H groups in total. The Balaban J connectivity index is 1.35. The maximum atomic E-state index is 12.5. The molecule has 27 heavy (non-hydrogen) atoms. The minimum Gasteiger partial charge on any atom is -0.310 e. The summed E-state index contributed by atoms with van der Waals surface area (Å²) in [6.07, 6.45) is 8.61. The molecule has 0 radical (unpaired) electrons. The van der Waals surface area contributed by atoms with Crippen LogP contribution in [0.1, 0.15) is 25.7 Å². The Morgan fingerprint density at radius 1 is 1.15 bits per heavy atom. The van der Waals surface area contributed by atoms with E-state index in [1.54, 1.807) is 10.9 Å². The summed E-state index contributed by atoms with van der Waals surface area (Å²) in [7, 11) is 1.85. The first kappa shape index (κ1) is 16.4. The number of pyridine rings is 1. The van der Waals surface area contributed by atoms with Crippen molar-refractivity contribution in [3.63, 3.8) is 0 Å².